The van der Waals surface area contributed by atoms with Crippen molar-refractivity contribution in [1.29, 1.82) is 0 Å². The number of carbonyl (C=O) groups is 2. The van der Waals surface area contributed by atoms with Gasteiger partial charge in [-0.05, 0) is 50.8 Å². The molecule has 0 fully saturated rings. The van der Waals surface area contributed by atoms with E-state index in [0.717, 1.165) is 5.56 Å². The molecule has 134 valence electrons. The first-order valence-electron chi connectivity index (χ1n) is 8.09. The Morgan fingerprint density at radius 1 is 1.17 bits per heavy atom. The van der Waals surface area contributed by atoms with E-state index in [9.17, 15) is 14.7 Å². The molecule has 0 spiro atoms. The van der Waals surface area contributed by atoms with Gasteiger partial charge in [0.15, 0.2) is 0 Å². The van der Waals surface area contributed by atoms with Crippen LogP contribution in [0, 0.1) is 5.92 Å². The number of carboxylic acid groups (broad SMARTS) is 1. The molecule has 0 radical (unpaired) electrons. The highest BCUT2D eigenvalue weighted by Gasteiger charge is 2.37. The fourth-order valence-electron chi connectivity index (χ4n) is 2.58. The van der Waals surface area contributed by atoms with Crippen molar-refractivity contribution in [3.05, 3.63) is 29.8 Å². The Morgan fingerprint density at radius 3 is 2.08 bits per heavy atom. The topological polar surface area (TPSA) is 89.9 Å². The van der Waals surface area contributed by atoms with E-state index in [1.165, 1.54) is 4.90 Å². The third kappa shape index (κ3) is 5.53. The number of hydrogen-bond acceptors (Lipinski definition) is 3. The molecule has 6 nitrogen and oxygen atoms in total. The predicted molar refractivity (Wildman–Crippen MR) is 93.9 cm³/mol. The highest BCUT2D eigenvalue weighted by Crippen LogP contribution is 2.23. The molecule has 0 bridgehead atoms. The molecule has 0 aliphatic carbocycles. The molecule has 1 aromatic rings. The molecule has 1 unspecified atom stereocenters. The van der Waals surface area contributed by atoms with E-state index in [2.05, 4.69) is 5.32 Å². The van der Waals surface area contributed by atoms with Gasteiger partial charge in [0.05, 0.1) is 6.61 Å². The van der Waals surface area contributed by atoms with Crippen molar-refractivity contribution in [3.63, 3.8) is 0 Å². The van der Waals surface area contributed by atoms with Crippen LogP contribution in [-0.2, 0) is 11.4 Å². The van der Waals surface area contributed by atoms with Crippen LogP contribution in [0.4, 0.5) is 10.5 Å². The summed E-state index contributed by atoms with van der Waals surface area (Å²) >= 11 is 0. The molecule has 2 amide bonds. The van der Waals surface area contributed by atoms with E-state index in [4.69, 9.17) is 5.11 Å². The standard InChI is InChI=1S/C18H28N2O4/c1-12(2)10-15(20(17(23)24)18(3,4)5)16(22)19-14-8-6-13(11-21)7-9-14/h6-9,12,15,21H,10-11H2,1-5H3,(H,19,22)(H,23,24). The number of rotatable bonds is 6. The lowest BCUT2D eigenvalue weighted by Crippen LogP contribution is -2.55. The second-order valence-corrected chi connectivity index (χ2v) is 7.31. The summed E-state index contributed by atoms with van der Waals surface area (Å²) in [4.78, 5) is 25.7. The summed E-state index contributed by atoms with van der Waals surface area (Å²) in [6, 6.07) is 6.04. The van der Waals surface area contributed by atoms with Crippen molar-refractivity contribution >= 4 is 17.7 Å². The minimum Gasteiger partial charge on any atom is -0.465 e. The zero-order valence-electron chi connectivity index (χ0n) is 15.0. The molecule has 1 atom stereocenters. The molecule has 0 aliphatic heterocycles. The smallest absolute Gasteiger partial charge is 0.408 e. The summed E-state index contributed by atoms with van der Waals surface area (Å²) in [5.41, 5.74) is 0.627. The van der Waals surface area contributed by atoms with E-state index in [1.54, 1.807) is 45.0 Å². The second-order valence-electron chi connectivity index (χ2n) is 7.31. The molecule has 0 saturated carbocycles. The van der Waals surface area contributed by atoms with Crippen LogP contribution in [0.5, 0.6) is 0 Å². The molecule has 6 heteroatoms. The van der Waals surface area contributed by atoms with Gasteiger partial charge in [0, 0.05) is 11.2 Å². The van der Waals surface area contributed by atoms with E-state index in [1.807, 2.05) is 13.8 Å². The van der Waals surface area contributed by atoms with Crippen molar-refractivity contribution in [1.82, 2.24) is 4.90 Å². The first-order valence-corrected chi connectivity index (χ1v) is 8.09. The third-order valence-electron chi connectivity index (χ3n) is 3.64. The van der Waals surface area contributed by atoms with Crippen LogP contribution in [0.15, 0.2) is 24.3 Å². The predicted octanol–water partition coefficient (Wildman–Crippen LogP) is 3.31. The minimum atomic E-state index is -1.11. The molecule has 1 rings (SSSR count). The van der Waals surface area contributed by atoms with Crippen molar-refractivity contribution in [2.24, 2.45) is 5.92 Å². The summed E-state index contributed by atoms with van der Waals surface area (Å²) in [5.74, 6) is -0.181. The highest BCUT2D eigenvalue weighted by molar-refractivity contribution is 5.96. The first-order chi connectivity index (χ1) is 11.1. The van der Waals surface area contributed by atoms with E-state index < -0.39 is 17.7 Å². The fourth-order valence-corrected chi connectivity index (χ4v) is 2.58. The van der Waals surface area contributed by atoms with Crippen molar-refractivity contribution in [2.75, 3.05) is 5.32 Å². The van der Waals surface area contributed by atoms with Crippen LogP contribution in [0.2, 0.25) is 0 Å². The zero-order valence-corrected chi connectivity index (χ0v) is 15.0. The molecular weight excluding hydrogens is 308 g/mol. The Hall–Kier alpha value is -2.08. The number of carbonyl (C=O) groups excluding carboxylic acids is 1. The normalized spacial score (nSPS) is 12.8. The average Bonchev–Trinajstić information content (AvgIpc) is 2.45. The lowest BCUT2D eigenvalue weighted by atomic mass is 9.96. The number of amides is 2. The zero-order chi connectivity index (χ0) is 18.5. The summed E-state index contributed by atoms with van der Waals surface area (Å²) in [5, 5.41) is 21.4. The summed E-state index contributed by atoms with van der Waals surface area (Å²) in [6.07, 6.45) is -0.677. The van der Waals surface area contributed by atoms with Gasteiger partial charge in [-0.25, -0.2) is 4.79 Å². The lowest BCUT2D eigenvalue weighted by Gasteiger charge is -2.39. The molecule has 0 heterocycles. The summed E-state index contributed by atoms with van der Waals surface area (Å²) in [7, 11) is 0. The Balaban J connectivity index is 3.04. The van der Waals surface area contributed by atoms with Gasteiger partial charge in [-0.2, -0.15) is 0 Å². The Labute approximate surface area is 143 Å². The maximum absolute atomic E-state index is 12.7. The summed E-state index contributed by atoms with van der Waals surface area (Å²) < 4.78 is 0. The van der Waals surface area contributed by atoms with Gasteiger partial charge in [-0.1, -0.05) is 26.0 Å². The monoisotopic (exact) mass is 336 g/mol. The molecular formula is C18H28N2O4. The number of nitrogens with zero attached hydrogens (tertiary/aromatic N) is 1. The van der Waals surface area contributed by atoms with Gasteiger partial charge >= 0.3 is 6.09 Å². The number of anilines is 1. The summed E-state index contributed by atoms with van der Waals surface area (Å²) in [6.45, 7) is 9.17. The number of aliphatic hydroxyl groups is 1. The van der Waals surface area contributed by atoms with Crippen molar-refractivity contribution < 1.29 is 19.8 Å². The van der Waals surface area contributed by atoms with Crippen molar-refractivity contribution in [3.8, 4) is 0 Å². The van der Waals surface area contributed by atoms with Crippen LogP contribution < -0.4 is 5.32 Å². The Morgan fingerprint density at radius 2 is 1.71 bits per heavy atom. The van der Waals surface area contributed by atoms with Gasteiger partial charge in [-0.15, -0.1) is 0 Å². The van der Waals surface area contributed by atoms with Gasteiger partial charge in [0.25, 0.3) is 0 Å². The van der Waals surface area contributed by atoms with E-state index in [-0.39, 0.29) is 18.4 Å². The van der Waals surface area contributed by atoms with Crippen molar-refractivity contribution in [2.45, 2.75) is 59.2 Å². The molecule has 0 aliphatic rings. The van der Waals surface area contributed by atoms with Gasteiger partial charge < -0.3 is 15.5 Å². The van der Waals surface area contributed by atoms with Crippen LogP contribution in [0.25, 0.3) is 0 Å². The lowest BCUT2D eigenvalue weighted by molar-refractivity contribution is -0.123. The number of benzene rings is 1. The SMILES string of the molecule is CC(C)CC(C(=O)Nc1ccc(CO)cc1)N(C(=O)O)C(C)(C)C. The average molecular weight is 336 g/mol. The van der Waals surface area contributed by atoms with Gasteiger partial charge in [-0.3, -0.25) is 9.69 Å². The maximum atomic E-state index is 12.7. The van der Waals surface area contributed by atoms with E-state index in [0.29, 0.717) is 12.1 Å². The Kier molecular flexibility index (Phi) is 6.78. The Bertz CT molecular complexity index is 561. The minimum absolute atomic E-state index is 0.0684. The van der Waals surface area contributed by atoms with Crippen LogP contribution in [0.1, 0.15) is 46.6 Å². The number of hydrogen-bond donors (Lipinski definition) is 3. The molecule has 24 heavy (non-hydrogen) atoms. The molecule has 3 N–H and O–H groups in total. The molecule has 0 aromatic heterocycles. The van der Waals surface area contributed by atoms with Crippen LogP contribution in [-0.4, -0.2) is 38.7 Å². The van der Waals surface area contributed by atoms with Crippen LogP contribution in [0.3, 0.4) is 0 Å². The van der Waals surface area contributed by atoms with E-state index >= 15 is 0 Å². The third-order valence-corrected chi connectivity index (χ3v) is 3.64. The highest BCUT2D eigenvalue weighted by atomic mass is 16.4. The van der Waals surface area contributed by atoms with Gasteiger partial charge in [0.2, 0.25) is 5.91 Å². The first kappa shape index (κ1) is 20.0. The molecule has 1 aromatic carbocycles. The fraction of sp³-hybridized carbons (Fsp3) is 0.556. The van der Waals surface area contributed by atoms with Gasteiger partial charge in [0.1, 0.15) is 6.04 Å². The largest absolute Gasteiger partial charge is 0.465 e. The maximum Gasteiger partial charge on any atom is 0.408 e. The number of nitrogens with one attached hydrogen (secondary N) is 1. The molecule has 0 saturated heterocycles. The second kappa shape index (κ2) is 8.15. The van der Waals surface area contributed by atoms with Crippen LogP contribution >= 0.6 is 0 Å². The quantitative estimate of drug-likeness (QED) is 0.743. The number of aliphatic hydroxyl groups excluding tert-OH is 1.